The van der Waals surface area contributed by atoms with Gasteiger partial charge in [-0.05, 0) is 61.1 Å². The molecule has 1 heterocycles. The predicted molar refractivity (Wildman–Crippen MR) is 120 cm³/mol. The van der Waals surface area contributed by atoms with E-state index in [1.807, 2.05) is 24.3 Å². The first-order valence-electron chi connectivity index (χ1n) is 11.4. The molecule has 0 aliphatic carbocycles. The number of methoxy groups -OCH3 is 1. The van der Waals surface area contributed by atoms with E-state index in [2.05, 4.69) is 19.1 Å². The highest BCUT2D eigenvalue weighted by Gasteiger charge is 2.21. The summed E-state index contributed by atoms with van der Waals surface area (Å²) in [5.74, 6) is 0.440. The van der Waals surface area contributed by atoms with Gasteiger partial charge in [0.2, 0.25) is 0 Å². The molecule has 1 fully saturated rings. The number of unbranched alkanes of at least 4 members (excludes halogenated alkanes) is 2. The zero-order valence-electron chi connectivity index (χ0n) is 18.7. The molecule has 1 aliphatic rings. The van der Waals surface area contributed by atoms with Crippen LogP contribution in [0.15, 0.2) is 48.5 Å². The van der Waals surface area contributed by atoms with Crippen molar-refractivity contribution in [3.05, 3.63) is 65.2 Å². The van der Waals surface area contributed by atoms with Gasteiger partial charge in [-0.1, -0.05) is 50.5 Å². The highest BCUT2D eigenvalue weighted by Crippen LogP contribution is 2.30. The number of rotatable bonds is 11. The van der Waals surface area contributed by atoms with E-state index in [1.165, 1.54) is 20.0 Å². The van der Waals surface area contributed by atoms with Gasteiger partial charge in [0.05, 0.1) is 18.8 Å². The maximum absolute atomic E-state index is 11.7. The van der Waals surface area contributed by atoms with E-state index in [0.29, 0.717) is 12.2 Å². The molecule has 0 radical (unpaired) electrons. The van der Waals surface area contributed by atoms with Crippen LogP contribution in [0.25, 0.3) is 0 Å². The number of esters is 1. The molecule has 0 amide bonds. The molecule has 3 rings (SSSR count). The molecule has 31 heavy (non-hydrogen) atoms. The Labute approximate surface area is 185 Å². The molecular weight excluding hydrogens is 392 g/mol. The van der Waals surface area contributed by atoms with Gasteiger partial charge in [0.1, 0.15) is 12.4 Å². The summed E-state index contributed by atoms with van der Waals surface area (Å²) in [4.78, 5) is 11.7. The van der Waals surface area contributed by atoms with E-state index in [-0.39, 0.29) is 18.4 Å². The quantitative estimate of drug-likeness (QED) is 0.315. The van der Waals surface area contributed by atoms with Gasteiger partial charge in [0, 0.05) is 6.61 Å². The van der Waals surface area contributed by atoms with Gasteiger partial charge in [0.25, 0.3) is 0 Å². The molecule has 2 atom stereocenters. The standard InChI is InChI=1S/C26H34O5/c1-3-4-5-14-24(31-25-15-6-7-16-29-25)21-11-9-13-23(18-21)30-19-20-10-8-12-22(17-20)26(27)28-2/h8-13,17-18,24-25H,3-7,14-16,19H2,1-2H3. The van der Waals surface area contributed by atoms with Crippen molar-refractivity contribution in [2.75, 3.05) is 13.7 Å². The van der Waals surface area contributed by atoms with E-state index < -0.39 is 0 Å². The average Bonchev–Trinajstić information content (AvgIpc) is 2.83. The van der Waals surface area contributed by atoms with Crippen LogP contribution in [0, 0.1) is 0 Å². The SMILES string of the molecule is CCCCCC(OC1CCCCO1)c1cccc(OCc2cccc(C(=O)OC)c2)c1. The van der Waals surface area contributed by atoms with Gasteiger partial charge in [-0.3, -0.25) is 0 Å². The minimum atomic E-state index is -0.346. The summed E-state index contributed by atoms with van der Waals surface area (Å²) in [6.07, 6.45) is 7.57. The Kier molecular flexibility index (Phi) is 9.38. The third kappa shape index (κ3) is 7.37. The van der Waals surface area contributed by atoms with Crippen molar-refractivity contribution < 1.29 is 23.7 Å². The van der Waals surface area contributed by atoms with Gasteiger partial charge in [-0.25, -0.2) is 4.79 Å². The first-order valence-corrected chi connectivity index (χ1v) is 11.4. The molecule has 1 aliphatic heterocycles. The second-order valence-electron chi connectivity index (χ2n) is 7.97. The number of benzene rings is 2. The van der Waals surface area contributed by atoms with Crippen molar-refractivity contribution in [3.8, 4) is 5.75 Å². The van der Waals surface area contributed by atoms with Gasteiger partial charge < -0.3 is 18.9 Å². The maximum Gasteiger partial charge on any atom is 0.337 e. The number of ether oxygens (including phenoxy) is 4. The van der Waals surface area contributed by atoms with Crippen LogP contribution in [-0.2, 0) is 20.8 Å². The lowest BCUT2D eigenvalue weighted by Crippen LogP contribution is -2.24. The summed E-state index contributed by atoms with van der Waals surface area (Å²) in [6, 6.07) is 15.4. The van der Waals surface area contributed by atoms with E-state index in [0.717, 1.165) is 55.6 Å². The Morgan fingerprint density at radius 1 is 1.13 bits per heavy atom. The monoisotopic (exact) mass is 426 g/mol. The van der Waals surface area contributed by atoms with Crippen molar-refractivity contribution in [2.45, 2.75) is 70.9 Å². The molecule has 5 heteroatoms. The van der Waals surface area contributed by atoms with E-state index >= 15 is 0 Å². The summed E-state index contributed by atoms with van der Waals surface area (Å²) in [6.45, 7) is 3.37. The minimum Gasteiger partial charge on any atom is -0.489 e. The van der Waals surface area contributed by atoms with Crippen LogP contribution in [0.4, 0.5) is 0 Å². The van der Waals surface area contributed by atoms with Crippen LogP contribution in [0.5, 0.6) is 5.75 Å². The molecule has 0 bridgehead atoms. The molecule has 2 aromatic rings. The lowest BCUT2D eigenvalue weighted by molar-refractivity contribution is -0.191. The molecule has 2 aromatic carbocycles. The molecule has 1 saturated heterocycles. The minimum absolute atomic E-state index is 0.000789. The Morgan fingerprint density at radius 3 is 2.77 bits per heavy atom. The largest absolute Gasteiger partial charge is 0.489 e. The molecular formula is C26H34O5. The molecule has 0 aromatic heterocycles. The van der Waals surface area contributed by atoms with Gasteiger partial charge in [-0.2, -0.15) is 0 Å². The Bertz CT molecular complexity index is 813. The molecule has 0 saturated carbocycles. The lowest BCUT2D eigenvalue weighted by atomic mass is 10.0. The molecule has 0 N–H and O–H groups in total. The first kappa shape index (κ1) is 23.3. The zero-order valence-corrected chi connectivity index (χ0v) is 18.7. The summed E-state index contributed by atoms with van der Waals surface area (Å²) in [7, 11) is 1.38. The van der Waals surface area contributed by atoms with Crippen LogP contribution in [0.3, 0.4) is 0 Å². The highest BCUT2D eigenvalue weighted by molar-refractivity contribution is 5.89. The van der Waals surface area contributed by atoms with Crippen molar-refractivity contribution in [1.82, 2.24) is 0 Å². The van der Waals surface area contributed by atoms with E-state index in [4.69, 9.17) is 18.9 Å². The van der Waals surface area contributed by atoms with Crippen LogP contribution in [0.1, 0.15) is 79.5 Å². The van der Waals surface area contributed by atoms with Crippen LogP contribution in [-0.4, -0.2) is 26.0 Å². The lowest BCUT2D eigenvalue weighted by Gasteiger charge is -2.28. The summed E-state index contributed by atoms with van der Waals surface area (Å²) >= 11 is 0. The van der Waals surface area contributed by atoms with Crippen molar-refractivity contribution in [3.63, 3.8) is 0 Å². The highest BCUT2D eigenvalue weighted by atomic mass is 16.7. The Morgan fingerprint density at radius 2 is 2.00 bits per heavy atom. The number of hydrogen-bond donors (Lipinski definition) is 0. The maximum atomic E-state index is 11.7. The molecule has 168 valence electrons. The van der Waals surface area contributed by atoms with Crippen molar-refractivity contribution in [1.29, 1.82) is 0 Å². The topological polar surface area (TPSA) is 54.0 Å². The Hall–Kier alpha value is -2.37. The van der Waals surface area contributed by atoms with Crippen molar-refractivity contribution >= 4 is 5.97 Å². The van der Waals surface area contributed by atoms with Crippen molar-refractivity contribution in [2.24, 2.45) is 0 Å². The van der Waals surface area contributed by atoms with E-state index in [1.54, 1.807) is 12.1 Å². The van der Waals surface area contributed by atoms with Crippen LogP contribution in [0.2, 0.25) is 0 Å². The summed E-state index contributed by atoms with van der Waals surface area (Å²) < 4.78 is 23.0. The Balaban J connectivity index is 1.66. The fourth-order valence-electron chi connectivity index (χ4n) is 3.77. The van der Waals surface area contributed by atoms with Crippen LogP contribution < -0.4 is 4.74 Å². The predicted octanol–water partition coefficient (Wildman–Crippen LogP) is 6.22. The smallest absolute Gasteiger partial charge is 0.337 e. The van der Waals surface area contributed by atoms with Gasteiger partial charge in [0.15, 0.2) is 6.29 Å². The summed E-state index contributed by atoms with van der Waals surface area (Å²) in [5.41, 5.74) is 2.56. The normalized spacial score (nSPS) is 17.2. The van der Waals surface area contributed by atoms with Crippen LogP contribution >= 0.6 is 0 Å². The fourth-order valence-corrected chi connectivity index (χ4v) is 3.77. The van der Waals surface area contributed by atoms with Gasteiger partial charge >= 0.3 is 5.97 Å². The third-order valence-electron chi connectivity index (χ3n) is 5.51. The molecule has 0 spiro atoms. The molecule has 2 unspecified atom stereocenters. The van der Waals surface area contributed by atoms with E-state index in [9.17, 15) is 4.79 Å². The second kappa shape index (κ2) is 12.5. The number of carbonyl (C=O) groups excluding carboxylic acids is 1. The zero-order chi connectivity index (χ0) is 21.9. The first-order chi connectivity index (χ1) is 15.2. The van der Waals surface area contributed by atoms with Gasteiger partial charge in [-0.15, -0.1) is 0 Å². The summed E-state index contributed by atoms with van der Waals surface area (Å²) in [5, 5.41) is 0. The number of hydrogen-bond acceptors (Lipinski definition) is 5. The fraction of sp³-hybridized carbons (Fsp3) is 0.500. The second-order valence-corrected chi connectivity index (χ2v) is 7.97. The number of carbonyl (C=O) groups is 1. The molecule has 5 nitrogen and oxygen atoms in total. The average molecular weight is 427 g/mol. The third-order valence-corrected chi connectivity index (χ3v) is 5.51.